The van der Waals surface area contributed by atoms with Crippen molar-refractivity contribution in [2.24, 2.45) is 11.3 Å². The van der Waals surface area contributed by atoms with Crippen LogP contribution in [0.5, 0.6) is 0 Å². The molecule has 0 radical (unpaired) electrons. The van der Waals surface area contributed by atoms with E-state index in [2.05, 4.69) is 12.2 Å². The number of carbonyl (C=O) groups is 1. The van der Waals surface area contributed by atoms with Gasteiger partial charge in [-0.2, -0.15) is 0 Å². The SMILES string of the molecule is CC1c2c(Cl)cc(Cl)cc2CCN1C(=O)C1CC12CCNCC2.Cl. The molecule has 6 heteroatoms. The van der Waals surface area contributed by atoms with Gasteiger partial charge in [-0.3, -0.25) is 4.79 Å². The highest BCUT2D eigenvalue weighted by Crippen LogP contribution is 2.59. The molecule has 2 fully saturated rings. The van der Waals surface area contributed by atoms with Crippen LogP contribution in [0.15, 0.2) is 12.1 Å². The highest BCUT2D eigenvalue weighted by molar-refractivity contribution is 6.35. The van der Waals surface area contributed by atoms with Crippen molar-refractivity contribution in [1.82, 2.24) is 10.2 Å². The molecule has 2 heterocycles. The van der Waals surface area contributed by atoms with Crippen LogP contribution in [-0.2, 0) is 11.2 Å². The van der Waals surface area contributed by atoms with Gasteiger partial charge in [0.2, 0.25) is 5.91 Å². The number of hydrogen-bond acceptors (Lipinski definition) is 2. The molecule has 0 aromatic heterocycles. The third-order valence-electron chi connectivity index (χ3n) is 6.06. The first kappa shape index (κ1) is 18.3. The number of halogens is 3. The lowest BCUT2D eigenvalue weighted by molar-refractivity contribution is -0.136. The number of hydrogen-bond donors (Lipinski definition) is 1. The third-order valence-corrected chi connectivity index (χ3v) is 6.59. The minimum Gasteiger partial charge on any atom is -0.335 e. The first-order valence-electron chi connectivity index (χ1n) is 8.51. The molecule has 2 atom stereocenters. The molecular formula is C18H23Cl3N2O. The number of amides is 1. The highest BCUT2D eigenvalue weighted by Gasteiger charge is 2.59. The predicted octanol–water partition coefficient (Wildman–Crippen LogP) is 4.25. The first-order valence-corrected chi connectivity index (χ1v) is 9.26. The van der Waals surface area contributed by atoms with Gasteiger partial charge in [-0.25, -0.2) is 0 Å². The van der Waals surface area contributed by atoms with E-state index < -0.39 is 0 Å². The molecule has 4 rings (SSSR count). The summed E-state index contributed by atoms with van der Waals surface area (Å²) in [7, 11) is 0. The molecule has 1 saturated heterocycles. The molecule has 1 aromatic carbocycles. The minimum atomic E-state index is 0. The van der Waals surface area contributed by atoms with Gasteiger partial charge in [0.25, 0.3) is 0 Å². The van der Waals surface area contributed by atoms with E-state index >= 15 is 0 Å². The molecule has 1 amide bonds. The van der Waals surface area contributed by atoms with Crippen LogP contribution in [0.3, 0.4) is 0 Å². The van der Waals surface area contributed by atoms with Crippen LogP contribution in [0.1, 0.15) is 43.4 Å². The van der Waals surface area contributed by atoms with Gasteiger partial charge in [-0.1, -0.05) is 23.2 Å². The van der Waals surface area contributed by atoms with E-state index in [0.29, 0.717) is 16.0 Å². The Bertz CT molecular complexity index is 658. The van der Waals surface area contributed by atoms with E-state index in [9.17, 15) is 4.79 Å². The topological polar surface area (TPSA) is 32.3 Å². The zero-order chi connectivity index (χ0) is 16.2. The fourth-order valence-electron chi connectivity index (χ4n) is 4.58. The second-order valence-corrected chi connectivity index (χ2v) is 8.13. The molecule has 1 N–H and O–H groups in total. The Kier molecular flexibility index (Phi) is 5.10. The molecule has 1 aromatic rings. The van der Waals surface area contributed by atoms with Gasteiger partial charge in [0.1, 0.15) is 0 Å². The quantitative estimate of drug-likeness (QED) is 0.778. The van der Waals surface area contributed by atoms with Crippen molar-refractivity contribution in [3.63, 3.8) is 0 Å². The number of rotatable bonds is 1. The molecule has 1 aliphatic carbocycles. The van der Waals surface area contributed by atoms with Crippen molar-refractivity contribution in [2.75, 3.05) is 19.6 Å². The summed E-state index contributed by atoms with van der Waals surface area (Å²) in [5, 5.41) is 4.76. The maximum atomic E-state index is 13.1. The molecule has 3 nitrogen and oxygen atoms in total. The van der Waals surface area contributed by atoms with Crippen LogP contribution in [0.2, 0.25) is 10.0 Å². The molecule has 2 unspecified atom stereocenters. The number of benzene rings is 1. The molecule has 2 aliphatic heterocycles. The van der Waals surface area contributed by atoms with Crippen molar-refractivity contribution < 1.29 is 4.79 Å². The standard InChI is InChI=1S/C18H22Cl2N2O.ClH/c1-11-16-12(8-13(19)9-15(16)20)2-7-22(11)17(23)14-10-18(14)3-5-21-6-4-18;/h8-9,11,14,21H,2-7,10H2,1H3;1H. The molecule has 24 heavy (non-hydrogen) atoms. The average molecular weight is 390 g/mol. The van der Waals surface area contributed by atoms with E-state index in [-0.39, 0.29) is 29.8 Å². The lowest BCUT2D eigenvalue weighted by Gasteiger charge is -2.37. The number of fused-ring (bicyclic) bond motifs is 1. The van der Waals surface area contributed by atoms with Gasteiger partial charge >= 0.3 is 0 Å². The van der Waals surface area contributed by atoms with Gasteiger partial charge in [-0.05, 0) is 74.4 Å². The number of nitrogens with zero attached hydrogens (tertiary/aromatic N) is 1. The molecule has 0 bridgehead atoms. The van der Waals surface area contributed by atoms with Gasteiger partial charge in [0.05, 0.1) is 6.04 Å². The maximum Gasteiger partial charge on any atom is 0.226 e. The molecule has 1 spiro atoms. The molecule has 3 aliphatic rings. The smallest absolute Gasteiger partial charge is 0.226 e. The van der Waals surface area contributed by atoms with E-state index in [1.54, 1.807) is 6.07 Å². The Labute approximate surface area is 159 Å². The van der Waals surface area contributed by atoms with Crippen LogP contribution in [0.4, 0.5) is 0 Å². The summed E-state index contributed by atoms with van der Waals surface area (Å²) in [4.78, 5) is 15.1. The zero-order valence-electron chi connectivity index (χ0n) is 13.8. The Morgan fingerprint density at radius 2 is 2.00 bits per heavy atom. The monoisotopic (exact) mass is 388 g/mol. The van der Waals surface area contributed by atoms with Crippen molar-refractivity contribution >= 4 is 41.5 Å². The fraction of sp³-hybridized carbons (Fsp3) is 0.611. The molecule has 1 saturated carbocycles. The van der Waals surface area contributed by atoms with E-state index in [0.717, 1.165) is 50.9 Å². The average Bonchev–Trinajstić information content (AvgIpc) is 3.20. The molecular weight excluding hydrogens is 367 g/mol. The van der Waals surface area contributed by atoms with Gasteiger partial charge in [0.15, 0.2) is 0 Å². The second-order valence-electron chi connectivity index (χ2n) is 7.29. The van der Waals surface area contributed by atoms with Gasteiger partial charge < -0.3 is 10.2 Å². The van der Waals surface area contributed by atoms with Gasteiger partial charge in [0, 0.05) is 22.5 Å². The van der Waals surface area contributed by atoms with Crippen molar-refractivity contribution in [3.8, 4) is 0 Å². The largest absolute Gasteiger partial charge is 0.335 e. The second kappa shape index (κ2) is 6.68. The summed E-state index contributed by atoms with van der Waals surface area (Å²) < 4.78 is 0. The fourth-order valence-corrected chi connectivity index (χ4v) is 5.27. The summed E-state index contributed by atoms with van der Waals surface area (Å²) in [6, 6.07) is 3.82. The zero-order valence-corrected chi connectivity index (χ0v) is 16.1. The Morgan fingerprint density at radius 1 is 1.29 bits per heavy atom. The summed E-state index contributed by atoms with van der Waals surface area (Å²) in [5.41, 5.74) is 2.55. The van der Waals surface area contributed by atoms with E-state index in [4.69, 9.17) is 23.2 Å². The van der Waals surface area contributed by atoms with Crippen LogP contribution in [-0.4, -0.2) is 30.4 Å². The maximum absolute atomic E-state index is 13.1. The Hall–Kier alpha value is -0.480. The van der Waals surface area contributed by atoms with Crippen molar-refractivity contribution in [1.29, 1.82) is 0 Å². The normalized spacial score (nSPS) is 27.4. The number of carbonyl (C=O) groups excluding carboxylic acids is 1. The minimum absolute atomic E-state index is 0. The summed E-state index contributed by atoms with van der Waals surface area (Å²) >= 11 is 12.5. The summed E-state index contributed by atoms with van der Waals surface area (Å²) in [6.07, 6.45) is 4.18. The first-order chi connectivity index (χ1) is 11.0. The lowest BCUT2D eigenvalue weighted by atomic mass is 9.90. The van der Waals surface area contributed by atoms with Crippen LogP contribution < -0.4 is 5.32 Å². The summed E-state index contributed by atoms with van der Waals surface area (Å²) in [6.45, 7) is 4.96. The van der Waals surface area contributed by atoms with E-state index in [1.165, 1.54) is 5.56 Å². The molecule has 132 valence electrons. The number of nitrogens with one attached hydrogen (secondary N) is 1. The Balaban J connectivity index is 0.00000169. The van der Waals surface area contributed by atoms with Crippen molar-refractivity contribution in [2.45, 2.75) is 38.6 Å². The third kappa shape index (κ3) is 2.94. The Morgan fingerprint density at radius 3 is 2.71 bits per heavy atom. The number of piperidine rings is 1. The van der Waals surface area contributed by atoms with Crippen LogP contribution >= 0.6 is 35.6 Å². The van der Waals surface area contributed by atoms with Crippen LogP contribution in [0.25, 0.3) is 0 Å². The van der Waals surface area contributed by atoms with Gasteiger partial charge in [-0.15, -0.1) is 12.4 Å². The lowest BCUT2D eigenvalue weighted by Crippen LogP contribution is -2.41. The van der Waals surface area contributed by atoms with Crippen molar-refractivity contribution in [3.05, 3.63) is 33.3 Å². The van der Waals surface area contributed by atoms with Crippen LogP contribution in [0, 0.1) is 11.3 Å². The summed E-state index contributed by atoms with van der Waals surface area (Å²) in [5.74, 6) is 0.552. The predicted molar refractivity (Wildman–Crippen MR) is 100 cm³/mol. The highest BCUT2D eigenvalue weighted by atomic mass is 35.5. The van der Waals surface area contributed by atoms with E-state index in [1.807, 2.05) is 11.0 Å².